The molecule has 0 atom stereocenters. The van der Waals surface area contributed by atoms with Crippen LogP contribution in [0, 0.1) is 11.7 Å². The number of rotatable bonds is 7. The van der Waals surface area contributed by atoms with Crippen molar-refractivity contribution in [2.45, 2.75) is 19.4 Å². The van der Waals surface area contributed by atoms with Gasteiger partial charge in [0.25, 0.3) is 5.91 Å². The van der Waals surface area contributed by atoms with Gasteiger partial charge in [0, 0.05) is 18.2 Å². The molecular weight excluding hydrogens is 423 g/mol. The SMILES string of the molecule is O=C(Nc1cnn(Cc2ccc(F)cc2)c1)c1cc(NC(=O)C2CC2)n(-c2ccccc2)n1. The number of carbonyl (C=O) groups is 2. The Labute approximate surface area is 189 Å². The van der Waals surface area contributed by atoms with Crippen LogP contribution in [-0.4, -0.2) is 31.4 Å². The summed E-state index contributed by atoms with van der Waals surface area (Å²) >= 11 is 0. The number of anilines is 2. The van der Waals surface area contributed by atoms with Gasteiger partial charge in [-0.3, -0.25) is 14.3 Å². The highest BCUT2D eigenvalue weighted by molar-refractivity contribution is 6.04. The summed E-state index contributed by atoms with van der Waals surface area (Å²) in [5, 5.41) is 14.3. The van der Waals surface area contributed by atoms with Gasteiger partial charge < -0.3 is 10.6 Å². The second-order valence-corrected chi connectivity index (χ2v) is 7.93. The number of nitrogens with one attached hydrogen (secondary N) is 2. The zero-order valence-electron chi connectivity index (χ0n) is 17.6. The van der Waals surface area contributed by atoms with Crippen molar-refractivity contribution in [3.63, 3.8) is 0 Å². The second kappa shape index (κ2) is 8.70. The Morgan fingerprint density at radius 3 is 2.52 bits per heavy atom. The first-order valence-electron chi connectivity index (χ1n) is 10.6. The Morgan fingerprint density at radius 1 is 1.03 bits per heavy atom. The Hall–Kier alpha value is -4.27. The lowest BCUT2D eigenvalue weighted by Gasteiger charge is -2.08. The smallest absolute Gasteiger partial charge is 0.276 e. The highest BCUT2D eigenvalue weighted by Crippen LogP contribution is 2.30. The molecule has 2 heterocycles. The molecule has 9 heteroatoms. The molecule has 4 aromatic rings. The van der Waals surface area contributed by atoms with Crippen LogP contribution in [0.4, 0.5) is 15.9 Å². The van der Waals surface area contributed by atoms with Gasteiger partial charge in [0.1, 0.15) is 11.6 Å². The number of aromatic nitrogens is 4. The number of hydrogen-bond donors (Lipinski definition) is 2. The summed E-state index contributed by atoms with van der Waals surface area (Å²) in [5.41, 5.74) is 2.28. The summed E-state index contributed by atoms with van der Waals surface area (Å²) in [6.07, 6.45) is 4.97. The molecule has 0 aliphatic heterocycles. The van der Waals surface area contributed by atoms with E-state index in [-0.39, 0.29) is 23.3 Å². The van der Waals surface area contributed by atoms with Gasteiger partial charge in [-0.2, -0.15) is 10.2 Å². The molecule has 1 aliphatic rings. The van der Waals surface area contributed by atoms with Crippen LogP contribution in [0.3, 0.4) is 0 Å². The van der Waals surface area contributed by atoms with E-state index in [0.717, 1.165) is 24.1 Å². The number of amides is 2. The normalized spacial score (nSPS) is 13.0. The van der Waals surface area contributed by atoms with Gasteiger partial charge in [0.2, 0.25) is 5.91 Å². The van der Waals surface area contributed by atoms with Crippen molar-refractivity contribution in [1.29, 1.82) is 0 Å². The van der Waals surface area contributed by atoms with Crippen LogP contribution in [0.5, 0.6) is 0 Å². The standard InChI is InChI=1S/C24H21FN6O2/c25-18-10-6-16(7-11-18)14-30-15-19(13-26-30)27-24(33)21-12-22(28-23(32)17-8-9-17)31(29-21)20-4-2-1-3-5-20/h1-7,10-13,15,17H,8-9,14H2,(H,27,33)(H,28,32). The van der Waals surface area contributed by atoms with Crippen LogP contribution in [0.15, 0.2) is 73.1 Å². The van der Waals surface area contributed by atoms with Crippen molar-refractivity contribution < 1.29 is 14.0 Å². The van der Waals surface area contributed by atoms with Crippen LogP contribution in [0.2, 0.25) is 0 Å². The second-order valence-electron chi connectivity index (χ2n) is 7.93. The van der Waals surface area contributed by atoms with Gasteiger partial charge in [-0.25, -0.2) is 9.07 Å². The molecular formula is C24H21FN6O2. The number of hydrogen-bond acceptors (Lipinski definition) is 4. The van der Waals surface area contributed by atoms with E-state index in [1.165, 1.54) is 18.3 Å². The zero-order valence-corrected chi connectivity index (χ0v) is 17.6. The van der Waals surface area contributed by atoms with Crippen LogP contribution >= 0.6 is 0 Å². The van der Waals surface area contributed by atoms with Gasteiger partial charge >= 0.3 is 0 Å². The molecule has 1 aliphatic carbocycles. The van der Waals surface area contributed by atoms with Gasteiger partial charge in [-0.1, -0.05) is 30.3 Å². The highest BCUT2D eigenvalue weighted by atomic mass is 19.1. The molecule has 8 nitrogen and oxygen atoms in total. The molecule has 0 saturated heterocycles. The third-order valence-corrected chi connectivity index (χ3v) is 5.29. The van der Waals surface area contributed by atoms with E-state index in [0.29, 0.717) is 18.1 Å². The predicted octanol–water partition coefficient (Wildman–Crippen LogP) is 3.86. The Kier molecular flexibility index (Phi) is 5.43. The van der Waals surface area contributed by atoms with Crippen LogP contribution < -0.4 is 10.6 Å². The molecule has 0 unspecified atom stereocenters. The van der Waals surface area contributed by atoms with Crippen LogP contribution in [-0.2, 0) is 11.3 Å². The van der Waals surface area contributed by atoms with Crippen molar-refractivity contribution in [2.75, 3.05) is 10.6 Å². The van der Waals surface area contributed by atoms with Gasteiger partial charge in [0.05, 0.1) is 24.1 Å². The summed E-state index contributed by atoms with van der Waals surface area (Å²) in [5.74, 6) is -0.326. The lowest BCUT2D eigenvalue weighted by atomic mass is 10.2. The molecule has 2 amide bonds. The van der Waals surface area contributed by atoms with Crippen molar-refractivity contribution >= 4 is 23.3 Å². The van der Waals surface area contributed by atoms with Crippen molar-refractivity contribution in [3.8, 4) is 5.69 Å². The first-order valence-corrected chi connectivity index (χ1v) is 10.6. The van der Waals surface area contributed by atoms with E-state index in [2.05, 4.69) is 20.8 Å². The molecule has 2 aromatic heterocycles. The van der Waals surface area contributed by atoms with Crippen molar-refractivity contribution in [2.24, 2.45) is 5.92 Å². The zero-order chi connectivity index (χ0) is 22.8. The molecule has 1 saturated carbocycles. The maximum Gasteiger partial charge on any atom is 0.276 e. The fourth-order valence-corrected chi connectivity index (χ4v) is 3.41. The molecule has 33 heavy (non-hydrogen) atoms. The number of carbonyl (C=O) groups excluding carboxylic acids is 2. The Balaban J connectivity index is 1.33. The van der Waals surface area contributed by atoms with E-state index >= 15 is 0 Å². The maximum atomic E-state index is 13.1. The quantitative estimate of drug-likeness (QED) is 0.453. The summed E-state index contributed by atoms with van der Waals surface area (Å²) in [7, 11) is 0. The molecule has 5 rings (SSSR count). The number of halogens is 1. The first-order chi connectivity index (χ1) is 16.0. The first kappa shape index (κ1) is 20.6. The number of benzene rings is 2. The highest BCUT2D eigenvalue weighted by Gasteiger charge is 2.30. The third kappa shape index (κ3) is 4.82. The summed E-state index contributed by atoms with van der Waals surface area (Å²) in [6, 6.07) is 17.0. The molecule has 0 radical (unpaired) electrons. The van der Waals surface area contributed by atoms with E-state index in [9.17, 15) is 14.0 Å². The Bertz CT molecular complexity index is 1290. The summed E-state index contributed by atoms with van der Waals surface area (Å²) < 4.78 is 16.3. The third-order valence-electron chi connectivity index (χ3n) is 5.29. The predicted molar refractivity (Wildman–Crippen MR) is 121 cm³/mol. The van der Waals surface area contributed by atoms with Crippen molar-refractivity contribution in [3.05, 3.63) is 90.1 Å². The molecule has 2 aromatic carbocycles. The van der Waals surface area contributed by atoms with Gasteiger partial charge in [-0.05, 0) is 42.7 Å². The fourth-order valence-electron chi connectivity index (χ4n) is 3.41. The number of nitrogens with zero attached hydrogens (tertiary/aromatic N) is 4. The summed E-state index contributed by atoms with van der Waals surface area (Å²) in [4.78, 5) is 25.2. The number of para-hydroxylation sites is 1. The van der Waals surface area contributed by atoms with E-state index in [1.54, 1.807) is 33.8 Å². The average Bonchev–Trinajstić information content (AvgIpc) is 3.46. The van der Waals surface area contributed by atoms with E-state index in [4.69, 9.17) is 0 Å². The lowest BCUT2D eigenvalue weighted by molar-refractivity contribution is -0.117. The fraction of sp³-hybridized carbons (Fsp3) is 0.167. The minimum absolute atomic E-state index is 0.0216. The van der Waals surface area contributed by atoms with Gasteiger partial charge in [-0.15, -0.1) is 0 Å². The van der Waals surface area contributed by atoms with E-state index in [1.807, 2.05) is 30.3 Å². The van der Waals surface area contributed by atoms with E-state index < -0.39 is 5.91 Å². The maximum absolute atomic E-state index is 13.1. The molecule has 0 bridgehead atoms. The molecule has 2 N–H and O–H groups in total. The van der Waals surface area contributed by atoms with Crippen LogP contribution in [0.25, 0.3) is 5.69 Å². The minimum atomic E-state index is -0.423. The molecule has 0 spiro atoms. The largest absolute Gasteiger partial charge is 0.318 e. The lowest BCUT2D eigenvalue weighted by Crippen LogP contribution is -2.16. The van der Waals surface area contributed by atoms with Crippen molar-refractivity contribution in [1.82, 2.24) is 19.6 Å². The summed E-state index contributed by atoms with van der Waals surface area (Å²) in [6.45, 7) is 0.441. The van der Waals surface area contributed by atoms with Crippen LogP contribution in [0.1, 0.15) is 28.9 Å². The minimum Gasteiger partial charge on any atom is -0.318 e. The monoisotopic (exact) mass is 444 g/mol. The average molecular weight is 444 g/mol. The molecule has 166 valence electrons. The van der Waals surface area contributed by atoms with Gasteiger partial charge in [0.15, 0.2) is 5.69 Å². The topological polar surface area (TPSA) is 93.8 Å². The molecule has 1 fully saturated rings. The Morgan fingerprint density at radius 2 is 1.79 bits per heavy atom.